The topological polar surface area (TPSA) is 50.4 Å². The van der Waals surface area contributed by atoms with Gasteiger partial charge in [0.15, 0.2) is 0 Å². The summed E-state index contributed by atoms with van der Waals surface area (Å²) in [5.41, 5.74) is 0.735. The number of hydrogen-bond donors (Lipinski definition) is 1. The van der Waals surface area contributed by atoms with Gasteiger partial charge in [-0.05, 0) is 12.0 Å². The lowest BCUT2D eigenvalue weighted by Gasteiger charge is -2.06. The number of aromatic nitrogens is 2. The van der Waals surface area contributed by atoms with E-state index in [9.17, 15) is 0 Å². The van der Waals surface area contributed by atoms with Gasteiger partial charge in [0.25, 0.3) is 0 Å². The van der Waals surface area contributed by atoms with Crippen LogP contribution in [0.2, 0.25) is 0 Å². The molecule has 0 amide bonds. The molecule has 0 unspecified atom stereocenters. The maximum atomic E-state index is 8.64. The lowest BCUT2D eigenvalue weighted by Crippen LogP contribution is -2.16. The molecule has 0 atom stereocenters. The smallest absolute Gasteiger partial charge is 0.0827 e. The minimum Gasteiger partial charge on any atom is -0.411 e. The van der Waals surface area contributed by atoms with Gasteiger partial charge in [0, 0.05) is 12.4 Å². The van der Waals surface area contributed by atoms with Gasteiger partial charge in [-0.2, -0.15) is 5.10 Å². The van der Waals surface area contributed by atoms with Crippen LogP contribution >= 0.6 is 0 Å². The van der Waals surface area contributed by atoms with Gasteiger partial charge >= 0.3 is 0 Å². The minimum atomic E-state index is 0.249. The largest absolute Gasteiger partial charge is 0.411 e. The Bertz CT molecular complexity index is 251. The monoisotopic (exact) mass is 167 g/mol. The second-order valence-electron chi connectivity index (χ2n) is 2.95. The molecule has 1 rings (SSSR count). The number of hydrogen-bond acceptors (Lipinski definition) is 3. The zero-order valence-corrected chi connectivity index (χ0v) is 7.31. The van der Waals surface area contributed by atoms with E-state index in [1.54, 1.807) is 10.9 Å². The van der Waals surface area contributed by atoms with Crippen molar-refractivity contribution in [2.45, 2.75) is 20.4 Å². The van der Waals surface area contributed by atoms with Gasteiger partial charge < -0.3 is 5.21 Å². The lowest BCUT2D eigenvalue weighted by atomic mass is 10.1. The second-order valence-corrected chi connectivity index (χ2v) is 2.95. The molecule has 1 aromatic rings. The van der Waals surface area contributed by atoms with Crippen LogP contribution in [0.4, 0.5) is 0 Å². The van der Waals surface area contributed by atoms with E-state index in [4.69, 9.17) is 5.21 Å². The van der Waals surface area contributed by atoms with Gasteiger partial charge in [-0.3, -0.25) is 4.68 Å². The molecule has 0 aliphatic heterocycles. The molecule has 66 valence electrons. The van der Waals surface area contributed by atoms with Crippen LogP contribution in [0.1, 0.15) is 13.8 Å². The number of oxime groups is 1. The second kappa shape index (κ2) is 3.90. The Morgan fingerprint density at radius 2 is 2.42 bits per heavy atom. The summed E-state index contributed by atoms with van der Waals surface area (Å²) < 4.78 is 1.73. The molecule has 0 radical (unpaired) electrons. The third-order valence-electron chi connectivity index (χ3n) is 1.68. The quantitative estimate of drug-likeness (QED) is 0.420. The molecule has 4 nitrogen and oxygen atoms in total. The van der Waals surface area contributed by atoms with E-state index in [1.807, 2.05) is 26.1 Å². The maximum absolute atomic E-state index is 8.64. The standard InChI is InChI=1S/C8H13N3O/c1-7(2)8(10-12)6-11-5-3-4-9-11/h3-5,7,12H,6H2,1-2H3/b10-8-. The summed E-state index contributed by atoms with van der Waals surface area (Å²) >= 11 is 0. The van der Waals surface area contributed by atoms with Crippen molar-refractivity contribution in [2.75, 3.05) is 0 Å². The van der Waals surface area contributed by atoms with Crippen LogP contribution in [-0.4, -0.2) is 20.7 Å². The highest BCUT2D eigenvalue weighted by molar-refractivity contribution is 5.85. The molecular weight excluding hydrogens is 154 g/mol. The van der Waals surface area contributed by atoms with E-state index in [0.717, 1.165) is 5.71 Å². The third-order valence-corrected chi connectivity index (χ3v) is 1.68. The van der Waals surface area contributed by atoms with Gasteiger partial charge in [-0.25, -0.2) is 0 Å². The van der Waals surface area contributed by atoms with Crippen LogP contribution in [0.5, 0.6) is 0 Å². The van der Waals surface area contributed by atoms with Crippen molar-refractivity contribution in [2.24, 2.45) is 11.1 Å². The van der Waals surface area contributed by atoms with Crippen molar-refractivity contribution in [1.82, 2.24) is 9.78 Å². The van der Waals surface area contributed by atoms with Crippen molar-refractivity contribution in [1.29, 1.82) is 0 Å². The van der Waals surface area contributed by atoms with Crippen LogP contribution in [-0.2, 0) is 6.54 Å². The van der Waals surface area contributed by atoms with Crippen molar-refractivity contribution < 1.29 is 5.21 Å². The Labute approximate surface area is 71.5 Å². The number of rotatable bonds is 3. The predicted octanol–water partition coefficient (Wildman–Crippen LogP) is 1.37. The molecule has 0 aliphatic rings. The fraction of sp³-hybridized carbons (Fsp3) is 0.500. The van der Waals surface area contributed by atoms with Crippen LogP contribution in [0.3, 0.4) is 0 Å². The first-order valence-electron chi connectivity index (χ1n) is 3.92. The molecule has 1 heterocycles. The van der Waals surface area contributed by atoms with E-state index >= 15 is 0 Å². The zero-order chi connectivity index (χ0) is 8.97. The zero-order valence-electron chi connectivity index (χ0n) is 7.31. The first kappa shape index (κ1) is 8.77. The maximum Gasteiger partial charge on any atom is 0.0827 e. The van der Waals surface area contributed by atoms with E-state index in [-0.39, 0.29) is 5.92 Å². The molecule has 12 heavy (non-hydrogen) atoms. The molecule has 0 aromatic carbocycles. The minimum absolute atomic E-state index is 0.249. The van der Waals surface area contributed by atoms with Crippen molar-refractivity contribution in [3.63, 3.8) is 0 Å². The SMILES string of the molecule is CC(C)/C(Cn1cccn1)=N\O. The highest BCUT2D eigenvalue weighted by atomic mass is 16.4. The van der Waals surface area contributed by atoms with Crippen LogP contribution in [0.25, 0.3) is 0 Å². The Kier molecular flexibility index (Phi) is 2.85. The molecule has 0 aliphatic carbocycles. The van der Waals surface area contributed by atoms with Gasteiger partial charge in [-0.1, -0.05) is 19.0 Å². The van der Waals surface area contributed by atoms with Crippen LogP contribution < -0.4 is 0 Å². The van der Waals surface area contributed by atoms with Crippen LogP contribution in [0.15, 0.2) is 23.6 Å². The molecule has 1 aromatic heterocycles. The normalized spacial score (nSPS) is 12.4. The summed E-state index contributed by atoms with van der Waals surface area (Å²) in [6, 6.07) is 1.84. The van der Waals surface area contributed by atoms with Gasteiger partial charge in [0.05, 0.1) is 12.3 Å². The summed E-state index contributed by atoms with van der Waals surface area (Å²) in [7, 11) is 0. The van der Waals surface area contributed by atoms with Crippen LogP contribution in [0, 0.1) is 5.92 Å². The Morgan fingerprint density at radius 1 is 1.67 bits per heavy atom. The predicted molar refractivity (Wildman–Crippen MR) is 46.3 cm³/mol. The van der Waals surface area contributed by atoms with E-state index in [0.29, 0.717) is 6.54 Å². The highest BCUT2D eigenvalue weighted by Gasteiger charge is 2.06. The van der Waals surface area contributed by atoms with Crippen molar-refractivity contribution in [3.8, 4) is 0 Å². The van der Waals surface area contributed by atoms with Crippen molar-refractivity contribution in [3.05, 3.63) is 18.5 Å². The average molecular weight is 167 g/mol. The van der Waals surface area contributed by atoms with Gasteiger partial charge in [0.2, 0.25) is 0 Å². The first-order valence-corrected chi connectivity index (χ1v) is 3.92. The summed E-state index contributed by atoms with van der Waals surface area (Å²) in [6.45, 7) is 4.53. The highest BCUT2D eigenvalue weighted by Crippen LogP contribution is 1.99. The Hall–Kier alpha value is -1.32. The van der Waals surface area contributed by atoms with E-state index in [1.165, 1.54) is 0 Å². The summed E-state index contributed by atoms with van der Waals surface area (Å²) in [6.07, 6.45) is 3.54. The summed E-state index contributed by atoms with van der Waals surface area (Å²) in [5.74, 6) is 0.249. The average Bonchev–Trinajstić information content (AvgIpc) is 2.51. The van der Waals surface area contributed by atoms with E-state index in [2.05, 4.69) is 10.3 Å². The van der Waals surface area contributed by atoms with Gasteiger partial charge in [-0.15, -0.1) is 0 Å². The molecule has 0 saturated carbocycles. The molecular formula is C8H13N3O. The Morgan fingerprint density at radius 3 is 2.83 bits per heavy atom. The Balaban J connectivity index is 2.62. The van der Waals surface area contributed by atoms with E-state index < -0.39 is 0 Å². The molecule has 1 N–H and O–H groups in total. The molecule has 4 heteroatoms. The fourth-order valence-corrected chi connectivity index (χ4v) is 0.890. The molecule has 0 saturated heterocycles. The molecule has 0 bridgehead atoms. The third kappa shape index (κ3) is 2.08. The number of nitrogens with zero attached hydrogens (tertiary/aromatic N) is 3. The lowest BCUT2D eigenvalue weighted by molar-refractivity contribution is 0.313. The first-order chi connectivity index (χ1) is 5.74. The fourth-order valence-electron chi connectivity index (χ4n) is 0.890. The molecule has 0 fully saturated rings. The summed E-state index contributed by atoms with van der Waals surface area (Å²) in [5, 5.41) is 15.9. The van der Waals surface area contributed by atoms with Crippen molar-refractivity contribution >= 4 is 5.71 Å². The summed E-state index contributed by atoms with van der Waals surface area (Å²) in [4.78, 5) is 0. The van der Waals surface area contributed by atoms with Gasteiger partial charge in [0.1, 0.15) is 0 Å². The molecule has 0 spiro atoms.